The number of hydrogen-bond donors (Lipinski definition) is 0. The number of carbonyl (C=O) groups excluding carboxylic acids is 1. The first-order valence-electron chi connectivity index (χ1n) is 4.80. The smallest absolute Gasteiger partial charge is 0.133 e. The second-order valence-electron chi connectivity index (χ2n) is 3.03. The predicted molar refractivity (Wildman–Crippen MR) is 51.5 cm³/mol. The zero-order chi connectivity index (χ0) is 9.68. The molecule has 0 fully saturated rings. The fraction of sp³-hybridized carbons (Fsp3) is 0.600. The van der Waals surface area contributed by atoms with Crippen molar-refractivity contribution in [2.24, 2.45) is 0 Å². The van der Waals surface area contributed by atoms with E-state index in [1.54, 1.807) is 6.20 Å². The van der Waals surface area contributed by atoms with Crippen LogP contribution >= 0.6 is 0 Å². The molecule has 0 saturated carbocycles. The fourth-order valence-electron chi connectivity index (χ4n) is 1.30. The summed E-state index contributed by atoms with van der Waals surface area (Å²) in [6.07, 6.45) is 3.89. The molecule has 72 valence electrons. The highest BCUT2D eigenvalue weighted by molar-refractivity contribution is 5.78. The second-order valence-corrected chi connectivity index (χ2v) is 3.03. The first kappa shape index (κ1) is 9.96. The number of nitrogens with zero attached hydrogens (tertiary/aromatic N) is 2. The van der Waals surface area contributed by atoms with Gasteiger partial charge in [-0.05, 0) is 19.4 Å². The summed E-state index contributed by atoms with van der Waals surface area (Å²) >= 11 is 0. The third kappa shape index (κ3) is 2.68. The van der Waals surface area contributed by atoms with E-state index >= 15 is 0 Å². The number of aryl methyl sites for hydroxylation is 2. The zero-order valence-corrected chi connectivity index (χ0v) is 8.29. The molecule has 0 radical (unpaired) electrons. The molecule has 0 aliphatic heterocycles. The van der Waals surface area contributed by atoms with Crippen molar-refractivity contribution < 1.29 is 4.79 Å². The molecule has 1 aromatic rings. The highest BCUT2D eigenvalue weighted by Crippen LogP contribution is 2.03. The van der Waals surface area contributed by atoms with Crippen molar-refractivity contribution in [1.29, 1.82) is 0 Å². The van der Waals surface area contributed by atoms with Gasteiger partial charge in [-0.3, -0.25) is 9.48 Å². The molecule has 0 aliphatic rings. The largest absolute Gasteiger partial charge is 0.300 e. The van der Waals surface area contributed by atoms with Gasteiger partial charge in [-0.25, -0.2) is 0 Å². The van der Waals surface area contributed by atoms with Crippen molar-refractivity contribution >= 4 is 5.78 Å². The summed E-state index contributed by atoms with van der Waals surface area (Å²) in [6.45, 7) is 4.83. The van der Waals surface area contributed by atoms with Gasteiger partial charge >= 0.3 is 0 Å². The minimum atomic E-state index is 0.323. The first-order valence-corrected chi connectivity index (χ1v) is 4.80. The maximum atomic E-state index is 11.1. The molecule has 0 bridgehead atoms. The van der Waals surface area contributed by atoms with E-state index in [2.05, 4.69) is 12.0 Å². The van der Waals surface area contributed by atoms with Crippen LogP contribution in [0.1, 0.15) is 32.4 Å². The Hall–Kier alpha value is -1.12. The molecule has 0 saturated heterocycles. The molecule has 0 aromatic carbocycles. The van der Waals surface area contributed by atoms with E-state index in [4.69, 9.17) is 0 Å². The molecule has 3 nitrogen and oxygen atoms in total. The SMILES string of the molecule is CCC(=O)CCc1ccnn1CC. The number of carbonyl (C=O) groups is 1. The van der Waals surface area contributed by atoms with E-state index in [0.29, 0.717) is 18.6 Å². The number of ketones is 1. The van der Waals surface area contributed by atoms with Crippen molar-refractivity contribution in [2.75, 3.05) is 0 Å². The van der Waals surface area contributed by atoms with Crippen LogP contribution < -0.4 is 0 Å². The molecule has 0 N–H and O–H groups in total. The zero-order valence-electron chi connectivity index (χ0n) is 8.29. The van der Waals surface area contributed by atoms with Crippen LogP contribution in [0.3, 0.4) is 0 Å². The molecule has 0 aliphatic carbocycles. The van der Waals surface area contributed by atoms with Crippen LogP contribution in [0.15, 0.2) is 12.3 Å². The lowest BCUT2D eigenvalue weighted by Crippen LogP contribution is -2.05. The minimum Gasteiger partial charge on any atom is -0.300 e. The Morgan fingerprint density at radius 3 is 2.92 bits per heavy atom. The lowest BCUT2D eigenvalue weighted by atomic mass is 10.1. The number of rotatable bonds is 5. The van der Waals surface area contributed by atoms with Gasteiger partial charge in [-0.2, -0.15) is 5.10 Å². The van der Waals surface area contributed by atoms with Gasteiger partial charge in [0.1, 0.15) is 5.78 Å². The summed E-state index contributed by atoms with van der Waals surface area (Å²) in [6, 6.07) is 1.98. The van der Waals surface area contributed by atoms with Gasteiger partial charge in [0.25, 0.3) is 0 Å². The van der Waals surface area contributed by atoms with E-state index < -0.39 is 0 Å². The van der Waals surface area contributed by atoms with Crippen molar-refractivity contribution in [1.82, 2.24) is 9.78 Å². The Morgan fingerprint density at radius 1 is 1.54 bits per heavy atom. The summed E-state index contributed by atoms with van der Waals surface area (Å²) in [4.78, 5) is 11.1. The average Bonchev–Trinajstić information content (AvgIpc) is 2.61. The maximum Gasteiger partial charge on any atom is 0.133 e. The molecule has 3 heteroatoms. The third-order valence-corrected chi connectivity index (χ3v) is 2.16. The Kier molecular flexibility index (Phi) is 3.68. The molecule has 0 spiro atoms. The quantitative estimate of drug-likeness (QED) is 0.692. The normalized spacial score (nSPS) is 10.3. The highest BCUT2D eigenvalue weighted by atomic mass is 16.1. The van der Waals surface area contributed by atoms with Gasteiger partial charge in [-0.15, -0.1) is 0 Å². The molecule has 1 rings (SSSR count). The number of Topliss-reactive ketones (excluding diaryl/α,β-unsaturated/α-hetero) is 1. The van der Waals surface area contributed by atoms with Crippen LogP contribution in [0, 0.1) is 0 Å². The minimum absolute atomic E-state index is 0.323. The van der Waals surface area contributed by atoms with Gasteiger partial charge < -0.3 is 0 Å². The molecular formula is C10H16N2O. The Morgan fingerprint density at radius 2 is 2.31 bits per heavy atom. The van der Waals surface area contributed by atoms with Crippen molar-refractivity contribution in [2.45, 2.75) is 39.7 Å². The summed E-state index contributed by atoms with van der Waals surface area (Å²) in [5, 5.41) is 4.14. The number of aromatic nitrogens is 2. The lowest BCUT2D eigenvalue weighted by Gasteiger charge is -2.02. The van der Waals surface area contributed by atoms with E-state index in [1.807, 2.05) is 17.7 Å². The highest BCUT2D eigenvalue weighted by Gasteiger charge is 2.03. The molecule has 13 heavy (non-hydrogen) atoms. The van der Waals surface area contributed by atoms with Crippen LogP contribution in [0.2, 0.25) is 0 Å². The van der Waals surface area contributed by atoms with Crippen LogP contribution in [0.4, 0.5) is 0 Å². The Labute approximate surface area is 78.8 Å². The predicted octanol–water partition coefficient (Wildman–Crippen LogP) is 1.81. The molecular weight excluding hydrogens is 164 g/mol. The maximum absolute atomic E-state index is 11.1. The average molecular weight is 180 g/mol. The van der Waals surface area contributed by atoms with E-state index in [9.17, 15) is 4.79 Å². The molecule has 0 unspecified atom stereocenters. The molecule has 1 aromatic heterocycles. The van der Waals surface area contributed by atoms with Crippen LogP contribution in [-0.2, 0) is 17.8 Å². The molecule has 0 amide bonds. The van der Waals surface area contributed by atoms with Crippen LogP contribution in [0.25, 0.3) is 0 Å². The number of hydrogen-bond acceptors (Lipinski definition) is 2. The topological polar surface area (TPSA) is 34.9 Å². The van der Waals surface area contributed by atoms with Gasteiger partial charge in [0.2, 0.25) is 0 Å². The van der Waals surface area contributed by atoms with Gasteiger partial charge in [0, 0.05) is 31.3 Å². The summed E-state index contributed by atoms with van der Waals surface area (Å²) in [5.74, 6) is 0.323. The molecule has 0 atom stereocenters. The Bertz CT molecular complexity index is 278. The van der Waals surface area contributed by atoms with Gasteiger partial charge in [-0.1, -0.05) is 6.92 Å². The first-order chi connectivity index (χ1) is 6.27. The summed E-state index contributed by atoms with van der Waals surface area (Å²) in [5.41, 5.74) is 1.16. The second kappa shape index (κ2) is 4.80. The fourth-order valence-corrected chi connectivity index (χ4v) is 1.30. The van der Waals surface area contributed by atoms with E-state index in [1.165, 1.54) is 0 Å². The monoisotopic (exact) mass is 180 g/mol. The lowest BCUT2D eigenvalue weighted by molar-refractivity contribution is -0.118. The van der Waals surface area contributed by atoms with Gasteiger partial charge in [0.05, 0.1) is 0 Å². The Balaban J connectivity index is 2.49. The van der Waals surface area contributed by atoms with Gasteiger partial charge in [0.15, 0.2) is 0 Å². The van der Waals surface area contributed by atoms with Crippen molar-refractivity contribution in [3.63, 3.8) is 0 Å². The van der Waals surface area contributed by atoms with Crippen LogP contribution in [-0.4, -0.2) is 15.6 Å². The van der Waals surface area contributed by atoms with Crippen molar-refractivity contribution in [3.05, 3.63) is 18.0 Å². The summed E-state index contributed by atoms with van der Waals surface area (Å²) in [7, 11) is 0. The van der Waals surface area contributed by atoms with E-state index in [0.717, 1.165) is 18.7 Å². The third-order valence-electron chi connectivity index (χ3n) is 2.16. The van der Waals surface area contributed by atoms with Crippen molar-refractivity contribution in [3.8, 4) is 0 Å². The summed E-state index contributed by atoms with van der Waals surface area (Å²) < 4.78 is 1.93. The van der Waals surface area contributed by atoms with E-state index in [-0.39, 0.29) is 0 Å². The van der Waals surface area contributed by atoms with Crippen LogP contribution in [0.5, 0.6) is 0 Å². The standard InChI is InChI=1S/C10H16N2O/c1-3-10(13)6-5-9-7-8-11-12(9)4-2/h7-8H,3-6H2,1-2H3. The molecule has 1 heterocycles.